The first kappa shape index (κ1) is 21.8. The van der Waals surface area contributed by atoms with Gasteiger partial charge in [-0.1, -0.05) is 36.7 Å². The summed E-state index contributed by atoms with van der Waals surface area (Å²) in [5, 5.41) is 13.8. The molecular weight excluding hydrogens is 389 g/mol. The Labute approximate surface area is 153 Å². The summed E-state index contributed by atoms with van der Waals surface area (Å²) in [6.45, 7) is 10.5. The van der Waals surface area contributed by atoms with Crippen LogP contribution in [0.2, 0.25) is 0 Å². The van der Waals surface area contributed by atoms with E-state index in [-0.39, 0.29) is 42.0 Å². The number of aromatic hydroxyl groups is 1. The van der Waals surface area contributed by atoms with Gasteiger partial charge in [0, 0.05) is 42.3 Å². The fourth-order valence-electron chi connectivity index (χ4n) is 2.96. The summed E-state index contributed by atoms with van der Waals surface area (Å²) in [7, 11) is 0. The molecule has 0 bridgehead atoms. The predicted molar refractivity (Wildman–Crippen MR) is 101 cm³/mol. The zero-order chi connectivity index (χ0) is 14.9. The van der Waals surface area contributed by atoms with Crippen molar-refractivity contribution in [2.75, 3.05) is 31.9 Å². The lowest BCUT2D eigenvalue weighted by Gasteiger charge is -2.43. The normalized spacial score (nSPS) is 17.3. The molecule has 1 aromatic rings. The van der Waals surface area contributed by atoms with E-state index < -0.39 is 0 Å². The summed E-state index contributed by atoms with van der Waals surface area (Å²) in [4.78, 5) is 2.43. The van der Waals surface area contributed by atoms with Crippen LogP contribution in [0.25, 0.3) is 0 Å². The molecule has 1 aliphatic rings. The zero-order valence-electron chi connectivity index (χ0n) is 13.2. The van der Waals surface area contributed by atoms with Crippen LogP contribution in [0.15, 0.2) is 16.6 Å². The molecule has 0 saturated carbocycles. The lowest BCUT2D eigenvalue weighted by atomic mass is 9.80. The number of halogens is 3. The molecule has 2 rings (SSSR count). The van der Waals surface area contributed by atoms with Crippen LogP contribution in [0.1, 0.15) is 32.4 Å². The Bertz CT molecular complexity index is 488. The van der Waals surface area contributed by atoms with Crippen LogP contribution in [0.3, 0.4) is 0 Å². The van der Waals surface area contributed by atoms with Crippen molar-refractivity contribution in [2.24, 2.45) is 5.41 Å². The molecule has 4 N–H and O–H groups in total. The van der Waals surface area contributed by atoms with Gasteiger partial charge >= 0.3 is 0 Å². The lowest BCUT2D eigenvalue weighted by molar-refractivity contribution is 0.0838. The first-order valence-electron chi connectivity index (χ1n) is 7.04. The van der Waals surface area contributed by atoms with E-state index >= 15 is 0 Å². The third-order valence-corrected chi connectivity index (χ3v) is 4.50. The molecule has 0 amide bonds. The molecular formula is C15H26BrCl2N3O. The topological polar surface area (TPSA) is 61.5 Å². The summed E-state index contributed by atoms with van der Waals surface area (Å²) in [6.07, 6.45) is 0. The summed E-state index contributed by atoms with van der Waals surface area (Å²) in [5.41, 5.74) is 7.24. The number of nitrogen functional groups attached to an aromatic ring is 1. The smallest absolute Gasteiger partial charge is 0.144 e. The van der Waals surface area contributed by atoms with Crippen molar-refractivity contribution < 1.29 is 5.11 Å². The minimum Gasteiger partial charge on any atom is -0.505 e. The largest absolute Gasteiger partial charge is 0.505 e. The fraction of sp³-hybridized carbons (Fsp3) is 0.600. The Morgan fingerprint density at radius 1 is 1.23 bits per heavy atom. The van der Waals surface area contributed by atoms with Crippen molar-refractivity contribution in [3.8, 4) is 5.75 Å². The molecule has 7 heteroatoms. The van der Waals surface area contributed by atoms with Crippen LogP contribution in [-0.4, -0.2) is 36.2 Å². The maximum Gasteiger partial charge on any atom is 0.144 e. The molecule has 0 aliphatic carbocycles. The first-order chi connectivity index (χ1) is 9.32. The van der Waals surface area contributed by atoms with Gasteiger partial charge < -0.3 is 16.2 Å². The molecule has 0 unspecified atom stereocenters. The number of nitrogens with zero attached hydrogens (tertiary/aromatic N) is 1. The quantitative estimate of drug-likeness (QED) is 0.511. The molecule has 0 radical (unpaired) electrons. The van der Waals surface area contributed by atoms with Gasteiger partial charge in [-0.25, -0.2) is 0 Å². The Morgan fingerprint density at radius 2 is 1.77 bits per heavy atom. The van der Waals surface area contributed by atoms with Crippen LogP contribution in [0.5, 0.6) is 5.75 Å². The highest BCUT2D eigenvalue weighted by Gasteiger charge is 2.36. The van der Waals surface area contributed by atoms with Crippen LogP contribution in [-0.2, 0) is 0 Å². The summed E-state index contributed by atoms with van der Waals surface area (Å²) in [5.74, 6) is 0.206. The van der Waals surface area contributed by atoms with E-state index in [1.807, 2.05) is 6.07 Å². The highest BCUT2D eigenvalue weighted by atomic mass is 79.9. The van der Waals surface area contributed by atoms with Crippen molar-refractivity contribution in [3.05, 3.63) is 22.2 Å². The van der Waals surface area contributed by atoms with Crippen molar-refractivity contribution in [1.29, 1.82) is 0 Å². The van der Waals surface area contributed by atoms with Gasteiger partial charge in [-0.15, -0.1) is 24.8 Å². The van der Waals surface area contributed by atoms with Crippen molar-refractivity contribution >= 4 is 46.4 Å². The van der Waals surface area contributed by atoms with Gasteiger partial charge in [0.05, 0.1) is 5.69 Å². The number of nitrogens with one attached hydrogen (secondary N) is 1. The predicted octanol–water partition coefficient (Wildman–Crippen LogP) is 3.57. The SMILES string of the molecule is CC(C)(C)[C@H](c1c(Br)ccc(N)c1O)N1CCNCC1.Cl.Cl. The molecule has 128 valence electrons. The molecule has 0 spiro atoms. The second kappa shape index (κ2) is 8.60. The fourth-order valence-corrected chi connectivity index (χ4v) is 3.50. The minimum atomic E-state index is 0. The molecule has 1 atom stereocenters. The molecule has 1 fully saturated rings. The van der Waals surface area contributed by atoms with E-state index in [4.69, 9.17) is 5.73 Å². The molecule has 1 heterocycles. The van der Waals surface area contributed by atoms with Gasteiger partial charge in [0.15, 0.2) is 0 Å². The third kappa shape index (κ3) is 4.65. The van der Waals surface area contributed by atoms with E-state index in [9.17, 15) is 5.11 Å². The summed E-state index contributed by atoms with van der Waals surface area (Å²) < 4.78 is 0.919. The van der Waals surface area contributed by atoms with Gasteiger partial charge in [0.1, 0.15) is 5.75 Å². The van der Waals surface area contributed by atoms with Gasteiger partial charge in [-0.3, -0.25) is 4.90 Å². The third-order valence-electron chi connectivity index (χ3n) is 3.81. The monoisotopic (exact) mass is 413 g/mol. The van der Waals surface area contributed by atoms with Crippen molar-refractivity contribution in [3.63, 3.8) is 0 Å². The van der Waals surface area contributed by atoms with E-state index in [0.29, 0.717) is 5.69 Å². The minimum absolute atomic E-state index is 0. The van der Waals surface area contributed by atoms with Gasteiger partial charge in [0.2, 0.25) is 0 Å². The van der Waals surface area contributed by atoms with Crippen molar-refractivity contribution in [2.45, 2.75) is 26.8 Å². The molecule has 4 nitrogen and oxygen atoms in total. The number of nitrogens with two attached hydrogens (primary N) is 1. The maximum absolute atomic E-state index is 10.4. The lowest BCUT2D eigenvalue weighted by Crippen LogP contribution is -2.48. The standard InChI is InChI=1S/C15H24BrN3O.2ClH/c1-15(2,3)14(19-8-6-18-7-9-19)12-10(16)4-5-11(17)13(12)20;;/h4-5,14,18,20H,6-9,17H2,1-3H3;2*1H/t14-;;/m0../s1. The number of piperazine rings is 1. The Kier molecular flexibility index (Phi) is 8.52. The molecule has 22 heavy (non-hydrogen) atoms. The van der Waals surface area contributed by atoms with Crippen LogP contribution < -0.4 is 11.1 Å². The number of hydrogen-bond acceptors (Lipinski definition) is 4. The molecule has 1 saturated heterocycles. The molecule has 1 aromatic carbocycles. The van der Waals surface area contributed by atoms with Gasteiger partial charge in [-0.05, 0) is 17.5 Å². The highest BCUT2D eigenvalue weighted by Crippen LogP contribution is 2.46. The number of rotatable bonds is 2. The van der Waals surface area contributed by atoms with Gasteiger partial charge in [0.25, 0.3) is 0 Å². The number of phenols is 1. The zero-order valence-corrected chi connectivity index (χ0v) is 16.4. The summed E-state index contributed by atoms with van der Waals surface area (Å²) in [6, 6.07) is 3.79. The second-order valence-electron chi connectivity index (χ2n) is 6.45. The second-order valence-corrected chi connectivity index (χ2v) is 7.31. The number of hydrogen-bond donors (Lipinski definition) is 3. The Balaban J connectivity index is 0.00000220. The average Bonchev–Trinajstić information content (AvgIpc) is 2.39. The first-order valence-corrected chi connectivity index (χ1v) is 7.83. The summed E-state index contributed by atoms with van der Waals surface area (Å²) >= 11 is 3.58. The maximum atomic E-state index is 10.4. The number of anilines is 1. The van der Waals surface area contributed by atoms with Crippen LogP contribution in [0.4, 0.5) is 5.69 Å². The van der Waals surface area contributed by atoms with Crippen LogP contribution in [0, 0.1) is 5.41 Å². The number of phenolic OH excluding ortho intramolecular Hbond substituents is 1. The molecule has 0 aromatic heterocycles. The van der Waals surface area contributed by atoms with Crippen molar-refractivity contribution in [1.82, 2.24) is 10.2 Å². The van der Waals surface area contributed by atoms with Gasteiger partial charge in [-0.2, -0.15) is 0 Å². The average molecular weight is 415 g/mol. The molecule has 1 aliphatic heterocycles. The highest BCUT2D eigenvalue weighted by molar-refractivity contribution is 9.10. The van der Waals surface area contributed by atoms with E-state index in [1.54, 1.807) is 6.07 Å². The Morgan fingerprint density at radius 3 is 2.27 bits per heavy atom. The van der Waals surface area contributed by atoms with Crippen LogP contribution >= 0.6 is 40.7 Å². The van der Waals surface area contributed by atoms with E-state index in [0.717, 1.165) is 36.2 Å². The Hall–Kier alpha value is -0.200. The van der Waals surface area contributed by atoms with E-state index in [2.05, 4.69) is 46.9 Å². The van der Waals surface area contributed by atoms with E-state index in [1.165, 1.54) is 0 Å². The number of benzene rings is 1.